The molecular formula is C25H36N2O4. The number of anilines is 1. The maximum absolute atomic E-state index is 13.3. The Hall–Kier alpha value is -1.79. The van der Waals surface area contributed by atoms with E-state index in [1.165, 1.54) is 19.3 Å². The van der Waals surface area contributed by atoms with Gasteiger partial charge in [0.2, 0.25) is 5.91 Å². The Kier molecular flexibility index (Phi) is 6.11. The molecule has 6 heteroatoms. The summed E-state index contributed by atoms with van der Waals surface area (Å²) >= 11 is 0. The van der Waals surface area contributed by atoms with E-state index in [0.29, 0.717) is 12.4 Å². The van der Waals surface area contributed by atoms with Crippen LogP contribution in [0.4, 0.5) is 5.69 Å². The van der Waals surface area contributed by atoms with Crippen LogP contribution in [0.25, 0.3) is 0 Å². The molecule has 1 amide bonds. The minimum Gasteiger partial charge on any atom is -0.493 e. The summed E-state index contributed by atoms with van der Waals surface area (Å²) in [6, 6.07) is 5.76. The normalized spacial score (nSPS) is 32.1. The van der Waals surface area contributed by atoms with Crippen molar-refractivity contribution in [3.8, 4) is 11.5 Å². The van der Waals surface area contributed by atoms with Crippen LogP contribution in [0.2, 0.25) is 0 Å². The van der Waals surface area contributed by atoms with Crippen molar-refractivity contribution < 1.29 is 19.0 Å². The van der Waals surface area contributed by atoms with E-state index in [9.17, 15) is 4.79 Å². The minimum atomic E-state index is -0.142. The quantitative estimate of drug-likeness (QED) is 0.636. The molecular weight excluding hydrogens is 392 g/mol. The number of benzene rings is 1. The zero-order valence-electron chi connectivity index (χ0n) is 18.7. The molecule has 0 unspecified atom stereocenters. The fraction of sp³-hybridized carbons (Fsp3) is 0.720. The van der Waals surface area contributed by atoms with E-state index in [0.717, 1.165) is 87.7 Å². The molecule has 1 saturated heterocycles. The molecule has 1 N–H and O–H groups in total. The number of morpholine rings is 1. The fourth-order valence-electron chi connectivity index (χ4n) is 6.81. The number of hydrogen-bond donors (Lipinski definition) is 1. The van der Waals surface area contributed by atoms with Crippen LogP contribution in [-0.4, -0.2) is 57.4 Å². The standard InChI is InChI=1S/C25H36N2O4/c1-29-23-14-21(3-4-22(23)31-8-2-5-27-6-9-30-10-7-27)26-24(28)25-15-18-11-19(16-25)13-20(12-18)17-25/h3-4,14,18-20H,2,5-13,15-17H2,1H3,(H,26,28). The maximum Gasteiger partial charge on any atom is 0.230 e. The lowest BCUT2D eigenvalue weighted by molar-refractivity contribution is -0.140. The highest BCUT2D eigenvalue weighted by molar-refractivity contribution is 5.96. The number of nitrogens with zero attached hydrogens (tertiary/aromatic N) is 1. The van der Waals surface area contributed by atoms with Crippen molar-refractivity contribution in [1.82, 2.24) is 4.90 Å². The molecule has 1 heterocycles. The molecule has 4 saturated carbocycles. The first-order chi connectivity index (χ1) is 15.1. The Morgan fingerprint density at radius 1 is 1.10 bits per heavy atom. The first kappa shape index (κ1) is 21.1. The second-order valence-corrected chi connectivity index (χ2v) is 10.2. The second-order valence-electron chi connectivity index (χ2n) is 10.2. The summed E-state index contributed by atoms with van der Waals surface area (Å²) < 4.78 is 16.9. The van der Waals surface area contributed by atoms with E-state index in [2.05, 4.69) is 10.2 Å². The molecule has 0 radical (unpaired) electrons. The second kappa shape index (κ2) is 8.99. The van der Waals surface area contributed by atoms with Crippen LogP contribution >= 0.6 is 0 Å². The van der Waals surface area contributed by atoms with Crippen molar-refractivity contribution in [2.45, 2.75) is 44.9 Å². The summed E-state index contributed by atoms with van der Waals surface area (Å²) in [7, 11) is 1.65. The summed E-state index contributed by atoms with van der Waals surface area (Å²) in [6.45, 7) is 5.32. The van der Waals surface area contributed by atoms with Gasteiger partial charge in [-0.05, 0) is 74.8 Å². The smallest absolute Gasteiger partial charge is 0.230 e. The summed E-state index contributed by atoms with van der Waals surface area (Å²) in [5.41, 5.74) is 0.662. The SMILES string of the molecule is COc1cc(NC(=O)C23CC4CC(CC(C4)C2)C3)ccc1OCCCN1CCOCC1. The molecule has 4 aliphatic carbocycles. The maximum atomic E-state index is 13.3. The molecule has 5 fully saturated rings. The van der Waals surface area contributed by atoms with Gasteiger partial charge in [0.1, 0.15) is 0 Å². The van der Waals surface area contributed by atoms with Crippen molar-refractivity contribution in [2.24, 2.45) is 23.2 Å². The third-order valence-corrected chi connectivity index (χ3v) is 7.92. The third kappa shape index (κ3) is 4.56. The van der Waals surface area contributed by atoms with Crippen LogP contribution in [0.3, 0.4) is 0 Å². The van der Waals surface area contributed by atoms with Gasteiger partial charge in [0.05, 0.1) is 32.3 Å². The molecule has 31 heavy (non-hydrogen) atoms. The van der Waals surface area contributed by atoms with Crippen molar-refractivity contribution in [1.29, 1.82) is 0 Å². The summed E-state index contributed by atoms with van der Waals surface area (Å²) in [6.07, 6.45) is 8.23. The molecule has 0 aromatic heterocycles. The highest BCUT2D eigenvalue weighted by Crippen LogP contribution is 2.60. The lowest BCUT2D eigenvalue weighted by Crippen LogP contribution is -2.51. The van der Waals surface area contributed by atoms with Gasteiger partial charge < -0.3 is 19.5 Å². The Bertz CT molecular complexity index is 754. The Morgan fingerprint density at radius 3 is 2.42 bits per heavy atom. The first-order valence-electron chi connectivity index (χ1n) is 12.1. The number of carbonyl (C=O) groups excluding carboxylic acids is 1. The van der Waals surface area contributed by atoms with Crippen molar-refractivity contribution in [2.75, 3.05) is 51.9 Å². The zero-order chi connectivity index (χ0) is 21.3. The number of hydrogen-bond acceptors (Lipinski definition) is 5. The number of rotatable bonds is 8. The predicted molar refractivity (Wildman–Crippen MR) is 120 cm³/mol. The van der Waals surface area contributed by atoms with Crippen LogP contribution in [0, 0.1) is 23.2 Å². The first-order valence-corrected chi connectivity index (χ1v) is 12.1. The highest BCUT2D eigenvalue weighted by Gasteiger charge is 2.54. The van der Waals surface area contributed by atoms with Crippen LogP contribution in [0.15, 0.2) is 18.2 Å². The number of ether oxygens (including phenoxy) is 3. The number of amides is 1. The molecule has 0 atom stereocenters. The summed E-state index contributed by atoms with van der Waals surface area (Å²) in [4.78, 5) is 15.7. The average molecular weight is 429 g/mol. The van der Waals surface area contributed by atoms with Crippen LogP contribution in [0.5, 0.6) is 11.5 Å². The third-order valence-electron chi connectivity index (χ3n) is 7.92. The Balaban J connectivity index is 1.16. The Morgan fingerprint density at radius 2 is 1.77 bits per heavy atom. The van der Waals surface area contributed by atoms with Gasteiger partial charge in [0.25, 0.3) is 0 Å². The van der Waals surface area contributed by atoms with Gasteiger partial charge in [-0.25, -0.2) is 0 Å². The van der Waals surface area contributed by atoms with Crippen LogP contribution in [-0.2, 0) is 9.53 Å². The van der Waals surface area contributed by atoms with E-state index in [1.54, 1.807) is 7.11 Å². The van der Waals surface area contributed by atoms with Gasteiger partial charge in [-0.3, -0.25) is 9.69 Å². The predicted octanol–water partition coefficient (Wildman–Crippen LogP) is 3.95. The Labute approximate surface area is 185 Å². The van der Waals surface area contributed by atoms with Gasteiger partial charge >= 0.3 is 0 Å². The molecule has 4 bridgehead atoms. The highest BCUT2D eigenvalue weighted by atomic mass is 16.5. The van der Waals surface area contributed by atoms with Crippen molar-refractivity contribution >= 4 is 11.6 Å². The molecule has 0 spiro atoms. The number of carbonyl (C=O) groups is 1. The molecule has 170 valence electrons. The molecule has 1 aromatic rings. The molecule has 6 nitrogen and oxygen atoms in total. The lowest BCUT2D eigenvalue weighted by Gasteiger charge is -2.55. The van der Waals surface area contributed by atoms with Crippen molar-refractivity contribution in [3.63, 3.8) is 0 Å². The van der Waals surface area contributed by atoms with Gasteiger partial charge in [0.15, 0.2) is 11.5 Å². The van der Waals surface area contributed by atoms with E-state index < -0.39 is 0 Å². The zero-order valence-corrected chi connectivity index (χ0v) is 18.7. The number of nitrogens with one attached hydrogen (secondary N) is 1. The summed E-state index contributed by atoms with van der Waals surface area (Å²) in [5, 5.41) is 3.22. The number of methoxy groups -OCH3 is 1. The van der Waals surface area contributed by atoms with Gasteiger partial charge in [-0.1, -0.05) is 0 Å². The van der Waals surface area contributed by atoms with Gasteiger partial charge in [0, 0.05) is 31.4 Å². The van der Waals surface area contributed by atoms with E-state index in [4.69, 9.17) is 14.2 Å². The largest absolute Gasteiger partial charge is 0.493 e. The lowest BCUT2D eigenvalue weighted by atomic mass is 9.49. The van der Waals surface area contributed by atoms with E-state index in [1.807, 2.05) is 18.2 Å². The average Bonchev–Trinajstić information content (AvgIpc) is 2.77. The monoisotopic (exact) mass is 428 g/mol. The molecule has 6 rings (SSSR count). The van der Waals surface area contributed by atoms with Crippen LogP contribution in [0.1, 0.15) is 44.9 Å². The van der Waals surface area contributed by atoms with E-state index in [-0.39, 0.29) is 11.3 Å². The topological polar surface area (TPSA) is 60.0 Å². The van der Waals surface area contributed by atoms with Crippen molar-refractivity contribution in [3.05, 3.63) is 18.2 Å². The molecule has 1 aromatic carbocycles. The van der Waals surface area contributed by atoms with Gasteiger partial charge in [-0.2, -0.15) is 0 Å². The van der Waals surface area contributed by atoms with Crippen LogP contribution < -0.4 is 14.8 Å². The van der Waals surface area contributed by atoms with Gasteiger partial charge in [-0.15, -0.1) is 0 Å². The van der Waals surface area contributed by atoms with E-state index >= 15 is 0 Å². The fourth-order valence-corrected chi connectivity index (χ4v) is 6.81. The molecule has 5 aliphatic rings. The minimum absolute atomic E-state index is 0.142. The summed E-state index contributed by atoms with van der Waals surface area (Å²) in [5.74, 6) is 3.92. The molecule has 1 aliphatic heterocycles.